The van der Waals surface area contributed by atoms with Crippen molar-refractivity contribution in [2.75, 3.05) is 36.5 Å². The normalized spacial score (nSPS) is 19.0. The number of ether oxygens (including phenoxy) is 1. The van der Waals surface area contributed by atoms with Gasteiger partial charge in [-0.2, -0.15) is 4.99 Å². The zero-order valence-electron chi connectivity index (χ0n) is 17.0. The van der Waals surface area contributed by atoms with Gasteiger partial charge in [0.05, 0.1) is 13.2 Å². The molecule has 9 heteroatoms. The number of halogens is 2. The Morgan fingerprint density at radius 1 is 1.07 bits per heavy atom. The fraction of sp³-hybridized carbons (Fsp3) is 0.333. The van der Waals surface area contributed by atoms with E-state index in [1.807, 2.05) is 4.90 Å². The third-order valence-corrected chi connectivity index (χ3v) is 4.85. The van der Waals surface area contributed by atoms with E-state index in [-0.39, 0.29) is 24.2 Å². The summed E-state index contributed by atoms with van der Waals surface area (Å²) in [4.78, 5) is 13.1. The number of hydrogen-bond donors (Lipinski definition) is 2. The standard InChI is InChI=1S/C21H25FN6O.ClH/c1-14-11-15(2)13-17(12-14)24-20-25-19(23)26-21(27-7-9-29-10-8-27)28(20)18-5-3-16(22)4-6-18;/h3-6,11-13,20,24H,7-10H2,1-2H3,(H2,23,25);1H. The van der Waals surface area contributed by atoms with E-state index in [1.54, 1.807) is 12.1 Å². The van der Waals surface area contributed by atoms with Gasteiger partial charge in [0.15, 0.2) is 0 Å². The third-order valence-electron chi connectivity index (χ3n) is 4.85. The monoisotopic (exact) mass is 432 g/mol. The lowest BCUT2D eigenvalue weighted by atomic mass is 10.1. The van der Waals surface area contributed by atoms with Crippen LogP contribution in [0.25, 0.3) is 0 Å². The maximum atomic E-state index is 13.6. The number of anilines is 2. The lowest BCUT2D eigenvalue weighted by Crippen LogP contribution is -2.57. The van der Waals surface area contributed by atoms with Crippen LogP contribution in [0.2, 0.25) is 0 Å². The topological polar surface area (TPSA) is 78.5 Å². The van der Waals surface area contributed by atoms with Crippen LogP contribution in [0.5, 0.6) is 0 Å². The van der Waals surface area contributed by atoms with Crippen LogP contribution < -0.4 is 16.0 Å². The maximum absolute atomic E-state index is 13.6. The second kappa shape index (κ2) is 9.32. The highest BCUT2D eigenvalue weighted by Gasteiger charge is 2.32. The van der Waals surface area contributed by atoms with Crippen molar-refractivity contribution in [1.29, 1.82) is 0 Å². The number of nitrogens with two attached hydrogens (primary N) is 1. The summed E-state index contributed by atoms with van der Waals surface area (Å²) in [6.07, 6.45) is -0.517. The first-order valence-corrected chi connectivity index (χ1v) is 9.64. The van der Waals surface area contributed by atoms with E-state index >= 15 is 0 Å². The summed E-state index contributed by atoms with van der Waals surface area (Å²) in [5.41, 5.74) is 10.1. The third kappa shape index (κ3) is 4.83. The summed E-state index contributed by atoms with van der Waals surface area (Å²) in [7, 11) is 0. The SMILES string of the molecule is Cc1cc(C)cc(NC2N=C(N)N=C(N3CCOCC3)N2c2ccc(F)cc2)c1.Cl. The summed E-state index contributed by atoms with van der Waals surface area (Å²) in [6, 6.07) is 12.5. The first kappa shape index (κ1) is 21.9. The molecule has 1 saturated heterocycles. The van der Waals surface area contributed by atoms with E-state index in [0.717, 1.165) is 22.5 Å². The second-order valence-corrected chi connectivity index (χ2v) is 7.24. The van der Waals surface area contributed by atoms with Gasteiger partial charge in [-0.25, -0.2) is 9.38 Å². The lowest BCUT2D eigenvalue weighted by molar-refractivity contribution is 0.0671. The molecule has 0 bridgehead atoms. The highest BCUT2D eigenvalue weighted by Crippen LogP contribution is 2.25. The maximum Gasteiger partial charge on any atom is 0.222 e. The van der Waals surface area contributed by atoms with Crippen LogP contribution in [0.15, 0.2) is 52.4 Å². The Morgan fingerprint density at radius 2 is 1.70 bits per heavy atom. The molecular formula is C21H26ClFN6O. The van der Waals surface area contributed by atoms with Crippen LogP contribution >= 0.6 is 12.4 Å². The van der Waals surface area contributed by atoms with Gasteiger partial charge >= 0.3 is 0 Å². The number of nitrogens with one attached hydrogen (secondary N) is 1. The number of morpholine rings is 1. The van der Waals surface area contributed by atoms with Crippen LogP contribution in [0.3, 0.4) is 0 Å². The number of benzene rings is 2. The van der Waals surface area contributed by atoms with Crippen LogP contribution in [0, 0.1) is 19.7 Å². The van der Waals surface area contributed by atoms with Gasteiger partial charge in [-0.05, 0) is 61.4 Å². The molecule has 2 aliphatic rings. The Hall–Kier alpha value is -2.84. The minimum atomic E-state index is -0.517. The molecular weight excluding hydrogens is 407 g/mol. The molecule has 1 atom stereocenters. The molecule has 2 aromatic rings. The van der Waals surface area contributed by atoms with Gasteiger partial charge in [0, 0.05) is 24.5 Å². The smallest absolute Gasteiger partial charge is 0.222 e. The van der Waals surface area contributed by atoms with Crippen molar-refractivity contribution in [2.24, 2.45) is 15.7 Å². The van der Waals surface area contributed by atoms with E-state index in [4.69, 9.17) is 10.5 Å². The summed E-state index contributed by atoms with van der Waals surface area (Å²) < 4.78 is 19.0. The molecule has 0 radical (unpaired) electrons. The summed E-state index contributed by atoms with van der Waals surface area (Å²) >= 11 is 0. The largest absolute Gasteiger partial charge is 0.378 e. The van der Waals surface area contributed by atoms with Crippen molar-refractivity contribution in [3.05, 3.63) is 59.4 Å². The van der Waals surface area contributed by atoms with Crippen LogP contribution in [0.1, 0.15) is 11.1 Å². The molecule has 160 valence electrons. The first-order chi connectivity index (χ1) is 14.0. The van der Waals surface area contributed by atoms with Gasteiger partial charge in [0.2, 0.25) is 18.2 Å². The van der Waals surface area contributed by atoms with E-state index in [2.05, 4.69) is 52.2 Å². The van der Waals surface area contributed by atoms with Crippen molar-refractivity contribution in [2.45, 2.75) is 20.1 Å². The molecule has 7 nitrogen and oxygen atoms in total. The van der Waals surface area contributed by atoms with Crippen molar-refractivity contribution in [3.63, 3.8) is 0 Å². The van der Waals surface area contributed by atoms with Gasteiger partial charge in [-0.15, -0.1) is 12.4 Å². The average Bonchev–Trinajstić information content (AvgIpc) is 2.68. The molecule has 0 aliphatic carbocycles. The Bertz CT molecular complexity index is 923. The highest BCUT2D eigenvalue weighted by molar-refractivity contribution is 6.06. The van der Waals surface area contributed by atoms with E-state index in [0.29, 0.717) is 32.3 Å². The van der Waals surface area contributed by atoms with Crippen LogP contribution in [-0.2, 0) is 4.74 Å². The minimum Gasteiger partial charge on any atom is -0.378 e. The number of aliphatic imine (C=N–C) groups is 2. The Morgan fingerprint density at radius 3 is 2.33 bits per heavy atom. The molecule has 1 fully saturated rings. The minimum absolute atomic E-state index is 0. The van der Waals surface area contributed by atoms with Crippen molar-refractivity contribution in [1.82, 2.24) is 4.90 Å². The second-order valence-electron chi connectivity index (χ2n) is 7.24. The number of hydrogen-bond acceptors (Lipinski definition) is 7. The lowest BCUT2D eigenvalue weighted by Gasteiger charge is -2.41. The summed E-state index contributed by atoms with van der Waals surface area (Å²) in [5.74, 6) is 0.582. The van der Waals surface area contributed by atoms with Crippen molar-refractivity contribution >= 4 is 35.7 Å². The van der Waals surface area contributed by atoms with Gasteiger partial charge in [-0.3, -0.25) is 4.90 Å². The highest BCUT2D eigenvalue weighted by atomic mass is 35.5. The molecule has 4 rings (SSSR count). The zero-order chi connectivity index (χ0) is 20.4. The van der Waals surface area contributed by atoms with E-state index in [1.165, 1.54) is 12.1 Å². The number of guanidine groups is 2. The molecule has 2 aromatic carbocycles. The van der Waals surface area contributed by atoms with Crippen LogP contribution in [-0.4, -0.2) is 49.4 Å². The summed E-state index contributed by atoms with van der Waals surface area (Å²) in [5, 5.41) is 3.45. The van der Waals surface area contributed by atoms with E-state index in [9.17, 15) is 4.39 Å². The van der Waals surface area contributed by atoms with Crippen LogP contribution in [0.4, 0.5) is 15.8 Å². The quantitative estimate of drug-likeness (QED) is 0.779. The fourth-order valence-electron chi connectivity index (χ4n) is 3.63. The fourth-order valence-corrected chi connectivity index (χ4v) is 3.63. The first-order valence-electron chi connectivity index (χ1n) is 9.64. The molecule has 3 N–H and O–H groups in total. The molecule has 0 aromatic heterocycles. The Balaban J connectivity index is 0.00000256. The predicted molar refractivity (Wildman–Crippen MR) is 121 cm³/mol. The molecule has 1 unspecified atom stereocenters. The van der Waals surface area contributed by atoms with Gasteiger partial charge in [0.1, 0.15) is 5.82 Å². The number of rotatable bonds is 3. The summed E-state index contributed by atoms with van der Waals surface area (Å²) in [6.45, 7) is 6.72. The zero-order valence-corrected chi connectivity index (χ0v) is 17.8. The molecule has 2 heterocycles. The molecule has 0 spiro atoms. The number of aryl methyl sites for hydroxylation is 2. The van der Waals surface area contributed by atoms with Crippen molar-refractivity contribution < 1.29 is 9.13 Å². The predicted octanol–water partition coefficient (Wildman–Crippen LogP) is 3.08. The van der Waals surface area contributed by atoms with Gasteiger partial charge in [-0.1, -0.05) is 6.07 Å². The van der Waals surface area contributed by atoms with E-state index < -0.39 is 6.29 Å². The molecule has 30 heavy (non-hydrogen) atoms. The van der Waals surface area contributed by atoms with Crippen molar-refractivity contribution in [3.8, 4) is 0 Å². The van der Waals surface area contributed by atoms with Gasteiger partial charge < -0.3 is 20.7 Å². The molecule has 2 aliphatic heterocycles. The number of nitrogens with zero attached hydrogens (tertiary/aromatic N) is 4. The Labute approximate surface area is 181 Å². The Kier molecular flexibility index (Phi) is 6.79. The molecule has 0 amide bonds. The average molecular weight is 433 g/mol. The molecule has 0 saturated carbocycles. The van der Waals surface area contributed by atoms with Gasteiger partial charge in [0.25, 0.3) is 0 Å².